The molecule has 0 aliphatic heterocycles. The van der Waals surface area contributed by atoms with Crippen molar-refractivity contribution in [2.75, 3.05) is 0 Å². The van der Waals surface area contributed by atoms with Crippen molar-refractivity contribution in [1.82, 2.24) is 5.43 Å². The minimum Gasteiger partial charge on any atom is -0.271 e. The molecule has 0 radical (unpaired) electrons. The number of hydrogen-bond donors (Lipinski definition) is 2. The fourth-order valence-electron chi connectivity index (χ4n) is 3.73. The molecule has 0 saturated heterocycles. The zero-order chi connectivity index (χ0) is 12.7. The van der Waals surface area contributed by atoms with Crippen LogP contribution >= 0.6 is 11.6 Å². The van der Waals surface area contributed by atoms with Gasteiger partial charge in [-0.25, -0.2) is 4.39 Å². The molecule has 3 N–H and O–H groups in total. The second-order valence-corrected chi connectivity index (χ2v) is 5.92. The fraction of sp³-hybridized carbons (Fsp3) is 0.571. The molecule has 18 heavy (non-hydrogen) atoms. The van der Waals surface area contributed by atoms with Gasteiger partial charge in [0.2, 0.25) is 0 Å². The van der Waals surface area contributed by atoms with Crippen molar-refractivity contribution >= 4 is 11.6 Å². The molecule has 2 aliphatic carbocycles. The summed E-state index contributed by atoms with van der Waals surface area (Å²) in [6.45, 7) is 0. The Bertz CT molecular complexity index is 421. The number of fused-ring (bicyclic) bond motifs is 1. The minimum absolute atomic E-state index is 0.148. The second kappa shape index (κ2) is 4.80. The largest absolute Gasteiger partial charge is 0.271 e. The van der Waals surface area contributed by atoms with Gasteiger partial charge in [0, 0.05) is 16.6 Å². The van der Waals surface area contributed by atoms with Crippen molar-refractivity contribution in [3.05, 3.63) is 34.6 Å². The molecule has 0 heterocycles. The zero-order valence-corrected chi connectivity index (χ0v) is 11.0. The number of rotatable bonds is 4. The first-order valence-electron chi connectivity index (χ1n) is 6.61. The molecule has 0 amide bonds. The molecular formula is C14H18ClFN2. The molecule has 0 spiro atoms. The quantitative estimate of drug-likeness (QED) is 0.651. The molecule has 2 aliphatic rings. The van der Waals surface area contributed by atoms with Crippen LogP contribution in [-0.2, 0) is 6.42 Å². The van der Waals surface area contributed by atoms with Crippen LogP contribution in [-0.4, -0.2) is 6.04 Å². The Balaban J connectivity index is 1.74. The van der Waals surface area contributed by atoms with E-state index >= 15 is 0 Å². The summed E-state index contributed by atoms with van der Waals surface area (Å²) < 4.78 is 13.8. The summed E-state index contributed by atoms with van der Waals surface area (Å²) in [4.78, 5) is 0. The van der Waals surface area contributed by atoms with Gasteiger partial charge in [-0.3, -0.25) is 11.3 Å². The van der Waals surface area contributed by atoms with Crippen LogP contribution in [0.3, 0.4) is 0 Å². The molecule has 3 atom stereocenters. The van der Waals surface area contributed by atoms with Gasteiger partial charge in [0.25, 0.3) is 0 Å². The normalized spacial score (nSPS) is 31.2. The van der Waals surface area contributed by atoms with Crippen molar-refractivity contribution in [3.63, 3.8) is 0 Å². The average molecular weight is 269 g/mol. The lowest BCUT2D eigenvalue weighted by molar-refractivity contribution is 0.405. The van der Waals surface area contributed by atoms with E-state index in [9.17, 15) is 4.39 Å². The lowest BCUT2D eigenvalue weighted by Crippen LogP contribution is -2.40. The Hall–Kier alpha value is -0.640. The van der Waals surface area contributed by atoms with E-state index in [2.05, 4.69) is 5.43 Å². The molecule has 2 saturated carbocycles. The molecule has 0 aromatic heterocycles. The van der Waals surface area contributed by atoms with Crippen LogP contribution in [0, 0.1) is 23.6 Å². The van der Waals surface area contributed by atoms with Crippen LogP contribution in [0.25, 0.3) is 0 Å². The van der Waals surface area contributed by atoms with Crippen LogP contribution < -0.4 is 11.3 Å². The summed E-state index contributed by atoms with van der Waals surface area (Å²) in [5, 5.41) is 0.501. The highest BCUT2D eigenvalue weighted by molar-refractivity contribution is 6.31. The Kier molecular flexibility index (Phi) is 3.31. The molecule has 1 aromatic carbocycles. The molecule has 98 valence electrons. The molecule has 0 bridgehead atoms. The number of halogens is 2. The Morgan fingerprint density at radius 3 is 2.72 bits per heavy atom. The van der Waals surface area contributed by atoms with Gasteiger partial charge in [0.05, 0.1) is 0 Å². The van der Waals surface area contributed by atoms with Crippen molar-refractivity contribution in [3.8, 4) is 0 Å². The van der Waals surface area contributed by atoms with E-state index in [1.807, 2.05) is 0 Å². The number of nitrogens with one attached hydrogen (secondary N) is 1. The van der Waals surface area contributed by atoms with Crippen molar-refractivity contribution in [2.24, 2.45) is 23.6 Å². The Morgan fingerprint density at radius 1 is 1.39 bits per heavy atom. The van der Waals surface area contributed by atoms with Gasteiger partial charge in [-0.05, 0) is 49.1 Å². The van der Waals surface area contributed by atoms with Gasteiger partial charge >= 0.3 is 0 Å². The van der Waals surface area contributed by atoms with Crippen molar-refractivity contribution in [1.29, 1.82) is 0 Å². The predicted octanol–water partition coefficient (Wildman–Crippen LogP) is 2.90. The minimum atomic E-state index is -0.228. The fourth-order valence-corrected chi connectivity index (χ4v) is 3.97. The summed E-state index contributed by atoms with van der Waals surface area (Å²) in [5.74, 6) is 7.64. The van der Waals surface area contributed by atoms with E-state index in [4.69, 9.17) is 17.4 Å². The first-order chi connectivity index (χ1) is 8.72. The first kappa shape index (κ1) is 12.4. The van der Waals surface area contributed by atoms with E-state index in [0.29, 0.717) is 22.9 Å². The second-order valence-electron chi connectivity index (χ2n) is 5.51. The third-order valence-electron chi connectivity index (χ3n) is 4.64. The highest BCUT2D eigenvalue weighted by Gasteiger charge is 2.55. The maximum Gasteiger partial charge on any atom is 0.127 e. The van der Waals surface area contributed by atoms with Gasteiger partial charge in [-0.15, -0.1) is 0 Å². The van der Waals surface area contributed by atoms with Crippen LogP contribution in [0.2, 0.25) is 5.02 Å². The standard InChI is InChI=1S/C14H18ClFN2/c15-11-5-2-6-12(16)10(11)7-13(18-17)14-8-3-1-4-9(8)14/h2,5-6,8-9,13-14,18H,1,3-4,7,17H2. The molecule has 3 rings (SSSR count). The lowest BCUT2D eigenvalue weighted by Gasteiger charge is -2.19. The van der Waals surface area contributed by atoms with Crippen LogP contribution in [0.15, 0.2) is 18.2 Å². The highest BCUT2D eigenvalue weighted by atomic mass is 35.5. The zero-order valence-electron chi connectivity index (χ0n) is 10.2. The SMILES string of the molecule is NNC(Cc1c(F)cccc1Cl)C1C2CCCC21. The van der Waals surface area contributed by atoms with Gasteiger partial charge in [-0.2, -0.15) is 0 Å². The van der Waals surface area contributed by atoms with E-state index in [-0.39, 0.29) is 11.9 Å². The third kappa shape index (κ3) is 2.04. The van der Waals surface area contributed by atoms with Gasteiger partial charge in [0.15, 0.2) is 0 Å². The topological polar surface area (TPSA) is 38.0 Å². The number of hydrogen-bond acceptors (Lipinski definition) is 2. The summed E-state index contributed by atoms with van der Waals surface area (Å²) >= 11 is 6.07. The maximum atomic E-state index is 13.8. The van der Waals surface area contributed by atoms with Gasteiger partial charge < -0.3 is 0 Å². The summed E-state index contributed by atoms with van der Waals surface area (Å²) in [6.07, 6.45) is 4.53. The van der Waals surface area contributed by atoms with Gasteiger partial charge in [-0.1, -0.05) is 24.1 Å². The van der Waals surface area contributed by atoms with E-state index < -0.39 is 0 Å². The summed E-state index contributed by atoms with van der Waals surface area (Å²) in [6, 6.07) is 4.98. The van der Waals surface area contributed by atoms with Crippen molar-refractivity contribution in [2.45, 2.75) is 31.7 Å². The average Bonchev–Trinajstić information content (AvgIpc) is 2.83. The molecular weight excluding hydrogens is 251 g/mol. The molecule has 4 heteroatoms. The van der Waals surface area contributed by atoms with Gasteiger partial charge in [0.1, 0.15) is 5.82 Å². The van der Waals surface area contributed by atoms with Crippen LogP contribution in [0.4, 0.5) is 4.39 Å². The summed E-state index contributed by atoms with van der Waals surface area (Å²) in [5.41, 5.74) is 3.46. The maximum absolute atomic E-state index is 13.8. The van der Waals surface area contributed by atoms with E-state index in [1.54, 1.807) is 12.1 Å². The monoisotopic (exact) mass is 268 g/mol. The lowest BCUT2D eigenvalue weighted by atomic mass is 9.97. The summed E-state index contributed by atoms with van der Waals surface area (Å²) in [7, 11) is 0. The predicted molar refractivity (Wildman–Crippen MR) is 70.5 cm³/mol. The Morgan fingerprint density at radius 2 is 2.11 bits per heavy atom. The smallest absolute Gasteiger partial charge is 0.127 e. The Labute approximate surface area is 112 Å². The number of benzene rings is 1. The van der Waals surface area contributed by atoms with Crippen LogP contribution in [0.1, 0.15) is 24.8 Å². The van der Waals surface area contributed by atoms with Crippen LogP contribution in [0.5, 0.6) is 0 Å². The molecule has 3 unspecified atom stereocenters. The number of hydrazine groups is 1. The molecule has 1 aromatic rings. The highest BCUT2D eigenvalue weighted by Crippen LogP contribution is 2.59. The third-order valence-corrected chi connectivity index (χ3v) is 4.99. The van der Waals surface area contributed by atoms with Crippen molar-refractivity contribution < 1.29 is 4.39 Å². The molecule has 2 nitrogen and oxygen atoms in total. The van der Waals surface area contributed by atoms with E-state index in [1.165, 1.54) is 25.3 Å². The first-order valence-corrected chi connectivity index (χ1v) is 6.99. The molecule has 2 fully saturated rings. The number of nitrogens with two attached hydrogens (primary N) is 1. The van der Waals surface area contributed by atoms with E-state index in [0.717, 1.165) is 11.8 Å².